The van der Waals surface area contributed by atoms with Crippen molar-refractivity contribution in [1.29, 1.82) is 0 Å². The standard InChI is InChI=1S/C29H30FNO2.CH4/c30-27-16-22(9-10-24(27)28(32)11-7-19-4-2-1-3-5-19)25-17-26(25)29(33)15-20-6-8-23-18-31-13-12-21(23)14-20;/h6,8-10,12-14,16,18-19,25-26H,1-5,7,11,15,17H2;1H4/t25-,26+;/m0./s1. The number of carbonyl (C=O) groups excluding carboxylic acids is 2. The highest BCUT2D eigenvalue weighted by Gasteiger charge is 2.43. The average Bonchev–Trinajstić information content (AvgIpc) is 3.64. The highest BCUT2D eigenvalue weighted by molar-refractivity contribution is 5.96. The summed E-state index contributed by atoms with van der Waals surface area (Å²) in [4.78, 5) is 29.5. The molecular weight excluding hydrogens is 425 g/mol. The average molecular weight is 460 g/mol. The Hall–Kier alpha value is -2.88. The summed E-state index contributed by atoms with van der Waals surface area (Å²) in [6.07, 6.45) is 12.2. The van der Waals surface area contributed by atoms with Gasteiger partial charge in [-0.3, -0.25) is 14.6 Å². The summed E-state index contributed by atoms with van der Waals surface area (Å²) >= 11 is 0. The molecule has 2 atom stereocenters. The van der Waals surface area contributed by atoms with Crippen molar-refractivity contribution in [2.75, 3.05) is 0 Å². The number of hydrogen-bond acceptors (Lipinski definition) is 3. The monoisotopic (exact) mass is 459 g/mol. The Balaban J connectivity index is 0.00000274. The van der Waals surface area contributed by atoms with E-state index in [9.17, 15) is 14.0 Å². The molecule has 0 bridgehead atoms. The predicted octanol–water partition coefficient (Wildman–Crippen LogP) is 7.47. The van der Waals surface area contributed by atoms with Gasteiger partial charge in [0.1, 0.15) is 11.6 Å². The van der Waals surface area contributed by atoms with Crippen molar-refractivity contribution in [3.63, 3.8) is 0 Å². The first-order valence-electron chi connectivity index (χ1n) is 12.3. The summed E-state index contributed by atoms with van der Waals surface area (Å²) in [6.45, 7) is 0. The molecule has 1 aromatic heterocycles. The van der Waals surface area contributed by atoms with Gasteiger partial charge in [0.15, 0.2) is 5.78 Å². The van der Waals surface area contributed by atoms with Crippen molar-refractivity contribution in [3.05, 3.63) is 77.4 Å². The Morgan fingerprint density at radius 3 is 2.59 bits per heavy atom. The molecule has 5 rings (SSSR count). The van der Waals surface area contributed by atoms with E-state index in [0.29, 0.717) is 18.8 Å². The van der Waals surface area contributed by atoms with Gasteiger partial charge in [0.25, 0.3) is 0 Å². The summed E-state index contributed by atoms with van der Waals surface area (Å²) in [7, 11) is 0. The maximum Gasteiger partial charge on any atom is 0.165 e. The molecule has 34 heavy (non-hydrogen) atoms. The number of rotatable bonds is 8. The smallest absolute Gasteiger partial charge is 0.165 e. The molecule has 2 aliphatic carbocycles. The normalized spacial score (nSPS) is 20.0. The van der Waals surface area contributed by atoms with Crippen LogP contribution in [-0.4, -0.2) is 16.6 Å². The van der Waals surface area contributed by atoms with Crippen molar-refractivity contribution >= 4 is 22.3 Å². The number of Topliss-reactive ketones (excluding diaryl/α,β-unsaturated/α-hetero) is 2. The summed E-state index contributed by atoms with van der Waals surface area (Å²) in [6, 6.07) is 12.9. The fourth-order valence-corrected chi connectivity index (χ4v) is 5.43. The van der Waals surface area contributed by atoms with Gasteiger partial charge in [-0.25, -0.2) is 4.39 Å². The van der Waals surface area contributed by atoms with Gasteiger partial charge < -0.3 is 0 Å². The van der Waals surface area contributed by atoms with Gasteiger partial charge in [0.05, 0.1) is 5.56 Å². The summed E-state index contributed by atoms with van der Waals surface area (Å²) in [5.41, 5.74) is 2.03. The van der Waals surface area contributed by atoms with E-state index in [0.717, 1.165) is 34.7 Å². The van der Waals surface area contributed by atoms with Crippen LogP contribution in [0.3, 0.4) is 0 Å². The Morgan fingerprint density at radius 1 is 0.971 bits per heavy atom. The molecule has 2 aliphatic rings. The number of nitrogens with zero attached hydrogens (tertiary/aromatic N) is 1. The number of aromatic nitrogens is 1. The second-order valence-corrected chi connectivity index (χ2v) is 9.85. The lowest BCUT2D eigenvalue weighted by Gasteiger charge is -2.20. The number of carbonyl (C=O) groups is 2. The molecule has 0 saturated heterocycles. The Labute approximate surface area is 201 Å². The number of ketones is 2. The third-order valence-corrected chi connectivity index (χ3v) is 7.51. The van der Waals surface area contributed by atoms with E-state index in [1.54, 1.807) is 12.3 Å². The maximum absolute atomic E-state index is 14.8. The zero-order chi connectivity index (χ0) is 22.8. The van der Waals surface area contributed by atoms with E-state index in [1.165, 1.54) is 38.2 Å². The van der Waals surface area contributed by atoms with Gasteiger partial charge >= 0.3 is 0 Å². The van der Waals surface area contributed by atoms with Crippen LogP contribution in [0.4, 0.5) is 4.39 Å². The number of halogens is 1. The maximum atomic E-state index is 14.8. The molecule has 2 saturated carbocycles. The number of fused-ring (bicyclic) bond motifs is 1. The zero-order valence-corrected chi connectivity index (χ0v) is 18.9. The largest absolute Gasteiger partial charge is 0.299 e. The molecule has 3 nitrogen and oxygen atoms in total. The van der Waals surface area contributed by atoms with Crippen LogP contribution in [0.2, 0.25) is 0 Å². The second-order valence-electron chi connectivity index (χ2n) is 9.85. The molecule has 0 N–H and O–H groups in total. The van der Waals surface area contributed by atoms with Crippen molar-refractivity contribution in [2.45, 2.75) is 71.1 Å². The van der Waals surface area contributed by atoms with Crippen LogP contribution >= 0.6 is 0 Å². The first-order valence-corrected chi connectivity index (χ1v) is 12.3. The SMILES string of the molecule is C.O=C(CCC1CCCCC1)c1ccc([C@@H]2C[C@H]2C(=O)Cc2ccc3cnccc3c2)cc1F. The van der Waals surface area contributed by atoms with Crippen LogP contribution in [0.25, 0.3) is 10.8 Å². The van der Waals surface area contributed by atoms with Gasteiger partial charge in [-0.15, -0.1) is 0 Å². The second kappa shape index (κ2) is 10.6. The van der Waals surface area contributed by atoms with Gasteiger partial charge in [-0.05, 0) is 59.4 Å². The third-order valence-electron chi connectivity index (χ3n) is 7.51. The van der Waals surface area contributed by atoms with Crippen LogP contribution in [-0.2, 0) is 11.2 Å². The number of hydrogen-bond donors (Lipinski definition) is 0. The number of pyridine rings is 1. The lowest BCUT2D eigenvalue weighted by molar-refractivity contribution is -0.119. The van der Waals surface area contributed by atoms with Crippen LogP contribution < -0.4 is 0 Å². The zero-order valence-electron chi connectivity index (χ0n) is 18.9. The van der Waals surface area contributed by atoms with Crippen molar-refractivity contribution in [3.8, 4) is 0 Å². The Bertz CT molecular complexity index is 1180. The van der Waals surface area contributed by atoms with Crippen molar-refractivity contribution in [1.82, 2.24) is 4.98 Å². The molecule has 0 radical (unpaired) electrons. The molecule has 4 heteroatoms. The van der Waals surface area contributed by atoms with Crippen molar-refractivity contribution < 1.29 is 14.0 Å². The van der Waals surface area contributed by atoms with Crippen LogP contribution in [0.5, 0.6) is 0 Å². The van der Waals surface area contributed by atoms with Gasteiger partial charge in [-0.2, -0.15) is 0 Å². The fourth-order valence-electron chi connectivity index (χ4n) is 5.43. The van der Waals surface area contributed by atoms with E-state index in [4.69, 9.17) is 0 Å². The summed E-state index contributed by atoms with van der Waals surface area (Å²) < 4.78 is 14.8. The molecule has 2 aromatic carbocycles. The fraction of sp³-hybridized carbons (Fsp3) is 0.433. The first-order chi connectivity index (χ1) is 16.1. The lowest BCUT2D eigenvalue weighted by Crippen LogP contribution is -2.10. The minimum Gasteiger partial charge on any atom is -0.299 e. The predicted molar refractivity (Wildman–Crippen MR) is 135 cm³/mol. The topological polar surface area (TPSA) is 47.0 Å². The van der Waals surface area contributed by atoms with Crippen LogP contribution in [0, 0.1) is 17.7 Å². The van der Waals surface area contributed by atoms with Gasteiger partial charge in [0.2, 0.25) is 0 Å². The van der Waals surface area contributed by atoms with Gasteiger partial charge in [-0.1, -0.05) is 63.8 Å². The minimum atomic E-state index is -0.442. The van der Waals surface area contributed by atoms with Crippen LogP contribution in [0.15, 0.2) is 54.9 Å². The molecule has 178 valence electrons. The van der Waals surface area contributed by atoms with E-state index in [-0.39, 0.29) is 36.4 Å². The quantitative estimate of drug-likeness (QED) is 0.328. The van der Waals surface area contributed by atoms with E-state index < -0.39 is 5.82 Å². The Kier molecular flexibility index (Phi) is 7.55. The van der Waals surface area contributed by atoms with E-state index in [2.05, 4.69) is 4.98 Å². The molecule has 0 amide bonds. The van der Waals surface area contributed by atoms with E-state index in [1.807, 2.05) is 36.5 Å². The van der Waals surface area contributed by atoms with Crippen molar-refractivity contribution in [2.24, 2.45) is 11.8 Å². The molecule has 2 fully saturated rings. The summed E-state index contributed by atoms with van der Waals surface area (Å²) in [5.74, 6) is 0.263. The third kappa shape index (κ3) is 5.43. The molecule has 0 aliphatic heterocycles. The summed E-state index contributed by atoms with van der Waals surface area (Å²) in [5, 5.41) is 2.13. The highest BCUT2D eigenvalue weighted by atomic mass is 19.1. The molecule has 3 aromatic rings. The van der Waals surface area contributed by atoms with E-state index >= 15 is 0 Å². The minimum absolute atomic E-state index is 0. The lowest BCUT2D eigenvalue weighted by atomic mass is 9.85. The highest BCUT2D eigenvalue weighted by Crippen LogP contribution is 2.48. The number of benzene rings is 2. The van der Waals surface area contributed by atoms with Gasteiger partial charge in [0, 0.05) is 36.5 Å². The Morgan fingerprint density at radius 2 is 1.79 bits per heavy atom. The molecule has 0 spiro atoms. The molecular formula is C30H34FNO2. The molecule has 0 unspecified atom stereocenters. The molecule has 1 heterocycles. The van der Waals surface area contributed by atoms with Crippen LogP contribution in [0.1, 0.15) is 86.2 Å². The first kappa shape index (κ1) is 24.3.